The van der Waals surface area contributed by atoms with Gasteiger partial charge in [0.15, 0.2) is 16.8 Å². The predicted octanol–water partition coefficient (Wildman–Crippen LogP) is 5.43. The van der Waals surface area contributed by atoms with Gasteiger partial charge < -0.3 is 4.74 Å². The highest BCUT2D eigenvalue weighted by molar-refractivity contribution is 9.10. The Morgan fingerprint density at radius 1 is 1.21 bits per heavy atom. The summed E-state index contributed by atoms with van der Waals surface area (Å²) in [6.45, 7) is 4.51. The standard InChI is InChI=1S/C20H17BrClN3O2S/c1-2-11-25-19(12-27-18-6-4-3-5-16(18)22)23-24-20(25)28-13-17(26)14-7-9-15(21)10-8-14/h2-10H,1,11-13H2. The lowest BCUT2D eigenvalue weighted by molar-refractivity contribution is 0.102. The van der Waals surface area contributed by atoms with Crippen molar-refractivity contribution >= 4 is 45.1 Å². The van der Waals surface area contributed by atoms with Crippen LogP contribution in [0.4, 0.5) is 0 Å². The van der Waals surface area contributed by atoms with Crippen LogP contribution in [0.15, 0.2) is 70.8 Å². The van der Waals surface area contributed by atoms with E-state index in [2.05, 4.69) is 32.7 Å². The average Bonchev–Trinajstić information content (AvgIpc) is 3.08. The van der Waals surface area contributed by atoms with E-state index in [9.17, 15) is 4.79 Å². The van der Waals surface area contributed by atoms with E-state index < -0.39 is 0 Å². The molecule has 2 aromatic carbocycles. The number of benzene rings is 2. The fourth-order valence-electron chi connectivity index (χ4n) is 2.40. The van der Waals surface area contributed by atoms with Crippen molar-refractivity contribution in [3.8, 4) is 5.75 Å². The van der Waals surface area contributed by atoms with Crippen LogP contribution >= 0.6 is 39.3 Å². The zero-order valence-corrected chi connectivity index (χ0v) is 18.0. The molecule has 0 radical (unpaired) electrons. The molecule has 0 unspecified atom stereocenters. The fourth-order valence-corrected chi connectivity index (χ4v) is 3.71. The van der Waals surface area contributed by atoms with Crippen LogP contribution < -0.4 is 4.74 Å². The summed E-state index contributed by atoms with van der Waals surface area (Å²) in [4.78, 5) is 12.4. The topological polar surface area (TPSA) is 57.0 Å². The van der Waals surface area contributed by atoms with Crippen LogP contribution in [0, 0.1) is 0 Å². The predicted molar refractivity (Wildman–Crippen MR) is 115 cm³/mol. The highest BCUT2D eigenvalue weighted by Crippen LogP contribution is 2.25. The first kappa shape index (κ1) is 20.6. The molecular weight excluding hydrogens is 462 g/mol. The van der Waals surface area contributed by atoms with Crippen LogP contribution in [0.25, 0.3) is 0 Å². The van der Waals surface area contributed by atoms with E-state index in [0.29, 0.717) is 33.9 Å². The summed E-state index contributed by atoms with van der Waals surface area (Å²) in [6, 6.07) is 14.5. The van der Waals surface area contributed by atoms with E-state index in [4.69, 9.17) is 16.3 Å². The summed E-state index contributed by atoms with van der Waals surface area (Å²) in [5.41, 5.74) is 0.660. The number of allylic oxidation sites excluding steroid dienone is 1. The van der Waals surface area contributed by atoms with Gasteiger partial charge in [0.2, 0.25) is 0 Å². The molecule has 1 aromatic heterocycles. The normalized spacial score (nSPS) is 10.6. The zero-order valence-electron chi connectivity index (χ0n) is 14.8. The molecule has 0 bridgehead atoms. The molecule has 0 N–H and O–H groups in total. The van der Waals surface area contributed by atoms with Crippen molar-refractivity contribution in [2.45, 2.75) is 18.3 Å². The number of para-hydroxylation sites is 1. The number of thioether (sulfide) groups is 1. The Morgan fingerprint density at radius 2 is 1.96 bits per heavy atom. The number of aromatic nitrogens is 3. The molecule has 0 aliphatic carbocycles. The number of nitrogens with zero attached hydrogens (tertiary/aromatic N) is 3. The van der Waals surface area contributed by atoms with Gasteiger partial charge in [-0.25, -0.2) is 0 Å². The monoisotopic (exact) mass is 477 g/mol. The van der Waals surface area contributed by atoms with Crippen molar-refractivity contribution in [3.63, 3.8) is 0 Å². The second-order valence-electron chi connectivity index (χ2n) is 5.74. The first-order valence-corrected chi connectivity index (χ1v) is 10.6. The number of halogens is 2. The molecule has 1 heterocycles. The minimum absolute atomic E-state index is 0.0273. The highest BCUT2D eigenvalue weighted by atomic mass is 79.9. The Labute approximate surface area is 180 Å². The van der Waals surface area contributed by atoms with Gasteiger partial charge in [0.25, 0.3) is 0 Å². The van der Waals surface area contributed by atoms with Gasteiger partial charge in [-0.3, -0.25) is 9.36 Å². The minimum atomic E-state index is 0.0273. The van der Waals surface area contributed by atoms with E-state index in [1.807, 2.05) is 28.8 Å². The number of hydrogen-bond donors (Lipinski definition) is 0. The number of hydrogen-bond acceptors (Lipinski definition) is 5. The SMILES string of the molecule is C=CCn1c(COc2ccccc2Cl)nnc1SCC(=O)c1ccc(Br)cc1. The van der Waals surface area contributed by atoms with Crippen molar-refractivity contribution in [1.82, 2.24) is 14.8 Å². The Hall–Kier alpha value is -2.09. The maximum absolute atomic E-state index is 12.4. The van der Waals surface area contributed by atoms with Crippen LogP contribution in [0.2, 0.25) is 5.02 Å². The first-order valence-electron chi connectivity index (χ1n) is 8.40. The number of ether oxygens (including phenoxy) is 1. The van der Waals surface area contributed by atoms with Crippen molar-refractivity contribution in [2.24, 2.45) is 0 Å². The second-order valence-corrected chi connectivity index (χ2v) is 8.00. The number of carbonyl (C=O) groups is 1. The molecule has 8 heteroatoms. The van der Waals surface area contributed by atoms with Crippen LogP contribution in [-0.2, 0) is 13.2 Å². The number of Topliss-reactive ketones (excluding diaryl/α,β-unsaturated/α-hetero) is 1. The largest absolute Gasteiger partial charge is 0.484 e. The molecular formula is C20H17BrClN3O2S. The second kappa shape index (κ2) is 9.91. The van der Waals surface area contributed by atoms with Crippen LogP contribution in [-0.4, -0.2) is 26.3 Å². The third-order valence-corrected chi connectivity index (χ3v) is 5.60. The molecule has 144 valence electrons. The Kier molecular flexibility index (Phi) is 7.30. The molecule has 0 fully saturated rings. The lowest BCUT2D eigenvalue weighted by atomic mass is 10.2. The molecule has 0 spiro atoms. The summed E-state index contributed by atoms with van der Waals surface area (Å²) in [7, 11) is 0. The highest BCUT2D eigenvalue weighted by Gasteiger charge is 2.15. The summed E-state index contributed by atoms with van der Waals surface area (Å²) in [5.74, 6) is 1.51. The molecule has 0 aliphatic rings. The van der Waals surface area contributed by atoms with Crippen molar-refractivity contribution in [2.75, 3.05) is 5.75 Å². The molecule has 0 saturated carbocycles. The lowest BCUT2D eigenvalue weighted by Gasteiger charge is -2.10. The summed E-state index contributed by atoms with van der Waals surface area (Å²) in [6.07, 6.45) is 1.75. The quantitative estimate of drug-likeness (QED) is 0.233. The van der Waals surface area contributed by atoms with Crippen molar-refractivity contribution in [1.29, 1.82) is 0 Å². The van der Waals surface area contributed by atoms with Crippen molar-refractivity contribution < 1.29 is 9.53 Å². The molecule has 0 atom stereocenters. The van der Waals surface area contributed by atoms with Gasteiger partial charge in [-0.2, -0.15) is 0 Å². The molecule has 0 amide bonds. The van der Waals surface area contributed by atoms with Crippen LogP contribution in [0.5, 0.6) is 5.75 Å². The molecule has 3 aromatic rings. The minimum Gasteiger partial charge on any atom is -0.484 e. The van der Waals surface area contributed by atoms with Gasteiger partial charge in [-0.05, 0) is 24.3 Å². The molecule has 5 nitrogen and oxygen atoms in total. The molecule has 0 saturated heterocycles. The zero-order chi connectivity index (χ0) is 19.9. The first-order chi connectivity index (χ1) is 13.6. The third kappa shape index (κ3) is 5.25. The summed E-state index contributed by atoms with van der Waals surface area (Å²) >= 11 is 10.8. The Bertz CT molecular complexity index is 976. The van der Waals surface area contributed by atoms with E-state index in [0.717, 1.165) is 4.47 Å². The smallest absolute Gasteiger partial charge is 0.192 e. The van der Waals surface area contributed by atoms with Gasteiger partial charge in [0, 0.05) is 16.6 Å². The van der Waals surface area contributed by atoms with E-state index in [1.165, 1.54) is 11.8 Å². The van der Waals surface area contributed by atoms with Gasteiger partial charge in [0.05, 0.1) is 10.8 Å². The lowest BCUT2D eigenvalue weighted by Crippen LogP contribution is -2.09. The third-order valence-electron chi connectivity index (χ3n) is 3.80. The van der Waals surface area contributed by atoms with Crippen LogP contribution in [0.1, 0.15) is 16.2 Å². The molecule has 28 heavy (non-hydrogen) atoms. The molecule has 0 aliphatic heterocycles. The molecule has 3 rings (SSSR count). The number of carbonyl (C=O) groups excluding carboxylic acids is 1. The number of ketones is 1. The van der Waals surface area contributed by atoms with E-state index >= 15 is 0 Å². The van der Waals surface area contributed by atoms with Crippen molar-refractivity contribution in [3.05, 3.63) is 82.1 Å². The Balaban J connectivity index is 1.68. The van der Waals surface area contributed by atoms with E-state index in [1.54, 1.807) is 30.3 Å². The van der Waals surface area contributed by atoms with Gasteiger partial charge in [0.1, 0.15) is 12.4 Å². The maximum atomic E-state index is 12.4. The number of rotatable bonds is 9. The summed E-state index contributed by atoms with van der Waals surface area (Å²) in [5, 5.41) is 9.58. The van der Waals surface area contributed by atoms with E-state index in [-0.39, 0.29) is 18.1 Å². The maximum Gasteiger partial charge on any atom is 0.192 e. The van der Waals surface area contributed by atoms with Gasteiger partial charge in [-0.15, -0.1) is 16.8 Å². The van der Waals surface area contributed by atoms with Gasteiger partial charge in [-0.1, -0.05) is 69.6 Å². The average molecular weight is 479 g/mol. The van der Waals surface area contributed by atoms with Gasteiger partial charge >= 0.3 is 0 Å². The summed E-state index contributed by atoms with van der Waals surface area (Å²) < 4.78 is 8.57. The fraction of sp³-hybridized carbons (Fsp3) is 0.150. The van der Waals surface area contributed by atoms with Crippen LogP contribution in [0.3, 0.4) is 0 Å². The Morgan fingerprint density at radius 3 is 2.68 bits per heavy atom.